The second-order valence-corrected chi connectivity index (χ2v) is 5.26. The van der Waals surface area contributed by atoms with Gasteiger partial charge in [0.1, 0.15) is 0 Å². The van der Waals surface area contributed by atoms with Crippen LogP contribution in [0.15, 0.2) is 11.4 Å². The second-order valence-electron chi connectivity index (χ2n) is 3.35. The summed E-state index contributed by atoms with van der Waals surface area (Å²) in [6.45, 7) is 0.359. The van der Waals surface area contributed by atoms with Crippen molar-refractivity contribution < 1.29 is 13.2 Å². The lowest BCUT2D eigenvalue weighted by atomic mass is 10.1. The van der Waals surface area contributed by atoms with Crippen LogP contribution in [0.25, 0.3) is 0 Å². The largest absolute Gasteiger partial charge is 0.352 e. The summed E-state index contributed by atoms with van der Waals surface area (Å²) in [6.07, 6.45) is 2.59. The fourth-order valence-electron chi connectivity index (χ4n) is 1.31. The van der Waals surface area contributed by atoms with Crippen LogP contribution in [-0.4, -0.2) is 30.5 Å². The summed E-state index contributed by atoms with van der Waals surface area (Å²) in [6, 6.07) is 0. The summed E-state index contributed by atoms with van der Waals surface area (Å²) in [5, 5.41) is 2.40. The van der Waals surface area contributed by atoms with Crippen molar-refractivity contribution in [3.8, 4) is 0 Å². The highest BCUT2D eigenvalue weighted by atomic mass is 32.2. The normalized spacial score (nSPS) is 15.7. The predicted molar refractivity (Wildman–Crippen MR) is 50.7 cm³/mol. The highest BCUT2D eigenvalue weighted by Crippen LogP contribution is 2.12. The maximum atomic E-state index is 11.2. The lowest BCUT2D eigenvalue weighted by molar-refractivity contribution is -0.121. The van der Waals surface area contributed by atoms with Crippen molar-refractivity contribution in [1.82, 2.24) is 15.3 Å². The maximum Gasteiger partial charge on any atom is 0.247 e. The van der Waals surface area contributed by atoms with E-state index in [4.69, 9.17) is 0 Å². The van der Waals surface area contributed by atoms with E-state index in [0.29, 0.717) is 12.2 Å². The van der Waals surface area contributed by atoms with E-state index in [1.165, 1.54) is 6.20 Å². The van der Waals surface area contributed by atoms with E-state index in [1.54, 1.807) is 0 Å². The van der Waals surface area contributed by atoms with E-state index in [2.05, 4.69) is 15.3 Å². The van der Waals surface area contributed by atoms with Gasteiger partial charge < -0.3 is 5.32 Å². The number of carbonyl (C=O) groups is 1. The van der Waals surface area contributed by atoms with Crippen molar-refractivity contribution in [2.45, 2.75) is 18.1 Å². The number of hydrogen-bond acceptors (Lipinski definition) is 5. The Balaban J connectivity index is 2.50. The molecule has 7 heteroatoms. The van der Waals surface area contributed by atoms with E-state index in [1.807, 2.05) is 0 Å². The van der Waals surface area contributed by atoms with Crippen molar-refractivity contribution >= 4 is 15.7 Å². The van der Waals surface area contributed by atoms with E-state index >= 15 is 0 Å². The highest BCUT2D eigenvalue weighted by molar-refractivity contribution is 7.90. The Morgan fingerprint density at radius 2 is 2.20 bits per heavy atom. The van der Waals surface area contributed by atoms with Crippen LogP contribution in [0.5, 0.6) is 0 Å². The van der Waals surface area contributed by atoms with Gasteiger partial charge in [0.15, 0.2) is 0 Å². The Morgan fingerprint density at radius 1 is 1.47 bits per heavy atom. The Hall–Kier alpha value is -1.50. The van der Waals surface area contributed by atoms with Crippen LogP contribution in [0.2, 0.25) is 0 Å². The average molecular weight is 227 g/mol. The minimum atomic E-state index is -3.41. The first kappa shape index (κ1) is 10.0. The number of fused-ring (bicyclic) bond motifs is 1. The number of nitrogens with zero attached hydrogens (tertiary/aromatic N) is 2. The van der Waals surface area contributed by atoms with Gasteiger partial charge in [0.2, 0.25) is 20.9 Å². The number of amides is 1. The van der Waals surface area contributed by atoms with Crippen molar-refractivity contribution in [3.63, 3.8) is 0 Å². The Kier molecular flexibility index (Phi) is 2.18. The van der Waals surface area contributed by atoms with Crippen molar-refractivity contribution in [1.29, 1.82) is 0 Å². The molecule has 80 valence electrons. The molecular weight excluding hydrogens is 218 g/mol. The number of carbonyl (C=O) groups excluding carboxylic acids is 1. The van der Waals surface area contributed by atoms with E-state index in [9.17, 15) is 13.2 Å². The van der Waals surface area contributed by atoms with Gasteiger partial charge in [-0.3, -0.25) is 4.79 Å². The van der Waals surface area contributed by atoms with Crippen LogP contribution >= 0.6 is 0 Å². The van der Waals surface area contributed by atoms with Crippen LogP contribution in [0.4, 0.5) is 0 Å². The second kappa shape index (κ2) is 3.27. The van der Waals surface area contributed by atoms with Crippen LogP contribution in [-0.2, 0) is 27.6 Å². The number of nitrogens with one attached hydrogen (secondary N) is 1. The molecule has 6 nitrogen and oxygen atoms in total. The quantitative estimate of drug-likeness (QED) is 0.625. The zero-order chi connectivity index (χ0) is 11.1. The standard InChI is InChI=1S/C8H9N3O3S/c1-15(13,14)8-10-4-5-3-9-7(12)2-6(5)11-8/h4H,2-3H2,1H3,(H,9,12). The lowest BCUT2D eigenvalue weighted by Gasteiger charge is -2.15. The van der Waals surface area contributed by atoms with Gasteiger partial charge in [-0.2, -0.15) is 0 Å². The molecule has 15 heavy (non-hydrogen) atoms. The average Bonchev–Trinajstić information content (AvgIpc) is 2.15. The smallest absolute Gasteiger partial charge is 0.247 e. The van der Waals surface area contributed by atoms with E-state index in [-0.39, 0.29) is 17.5 Å². The Bertz CT molecular complexity index is 524. The molecule has 0 spiro atoms. The summed E-state index contributed by atoms with van der Waals surface area (Å²) in [7, 11) is -3.41. The molecule has 0 saturated carbocycles. The molecule has 2 rings (SSSR count). The molecule has 0 bridgehead atoms. The maximum absolute atomic E-state index is 11.2. The molecule has 1 aromatic heterocycles. The molecular formula is C8H9N3O3S. The first-order chi connectivity index (χ1) is 6.97. The Labute approximate surface area is 86.7 Å². The van der Waals surface area contributed by atoms with Gasteiger partial charge in [0.25, 0.3) is 0 Å². The molecule has 0 radical (unpaired) electrons. The monoisotopic (exact) mass is 227 g/mol. The number of rotatable bonds is 1. The predicted octanol–water partition coefficient (Wildman–Crippen LogP) is -0.948. The summed E-state index contributed by atoms with van der Waals surface area (Å²) in [4.78, 5) is 18.7. The first-order valence-corrected chi connectivity index (χ1v) is 6.17. The lowest BCUT2D eigenvalue weighted by Crippen LogP contribution is -2.31. The van der Waals surface area contributed by atoms with Gasteiger partial charge in [0, 0.05) is 24.6 Å². The van der Waals surface area contributed by atoms with Gasteiger partial charge in [0.05, 0.1) is 12.1 Å². The zero-order valence-corrected chi connectivity index (χ0v) is 8.84. The van der Waals surface area contributed by atoms with E-state index in [0.717, 1.165) is 11.8 Å². The number of sulfone groups is 1. The molecule has 0 fully saturated rings. The molecule has 1 amide bonds. The Morgan fingerprint density at radius 3 is 2.87 bits per heavy atom. The van der Waals surface area contributed by atoms with Crippen LogP contribution < -0.4 is 5.32 Å². The summed E-state index contributed by atoms with van der Waals surface area (Å²) >= 11 is 0. The topological polar surface area (TPSA) is 89.0 Å². The molecule has 0 aromatic carbocycles. The SMILES string of the molecule is CS(=O)(=O)c1ncc2c(n1)CC(=O)NC2. The fraction of sp³-hybridized carbons (Fsp3) is 0.375. The summed E-state index contributed by atoms with van der Waals surface area (Å²) < 4.78 is 22.3. The van der Waals surface area contributed by atoms with Crippen molar-refractivity contribution in [2.24, 2.45) is 0 Å². The summed E-state index contributed by atoms with van der Waals surface area (Å²) in [5.74, 6) is -0.152. The third-order valence-corrected chi connectivity index (χ3v) is 2.93. The van der Waals surface area contributed by atoms with Crippen molar-refractivity contribution in [2.75, 3.05) is 6.26 Å². The third kappa shape index (κ3) is 1.96. The van der Waals surface area contributed by atoms with E-state index < -0.39 is 9.84 Å². The van der Waals surface area contributed by atoms with Crippen LogP contribution in [0.1, 0.15) is 11.3 Å². The van der Waals surface area contributed by atoms with Gasteiger partial charge in [-0.25, -0.2) is 18.4 Å². The highest BCUT2D eigenvalue weighted by Gasteiger charge is 2.20. The molecule has 0 unspecified atom stereocenters. The van der Waals surface area contributed by atoms with Crippen LogP contribution in [0.3, 0.4) is 0 Å². The molecule has 1 aliphatic heterocycles. The molecule has 2 heterocycles. The minimum Gasteiger partial charge on any atom is -0.352 e. The third-order valence-electron chi connectivity index (χ3n) is 2.07. The molecule has 1 aliphatic rings. The van der Waals surface area contributed by atoms with Gasteiger partial charge in [-0.15, -0.1) is 0 Å². The zero-order valence-electron chi connectivity index (χ0n) is 8.02. The van der Waals surface area contributed by atoms with Gasteiger partial charge in [-0.05, 0) is 0 Å². The van der Waals surface area contributed by atoms with Gasteiger partial charge in [-0.1, -0.05) is 0 Å². The van der Waals surface area contributed by atoms with Gasteiger partial charge >= 0.3 is 0 Å². The minimum absolute atomic E-state index is 0.111. The first-order valence-electron chi connectivity index (χ1n) is 4.28. The molecule has 1 aromatic rings. The van der Waals surface area contributed by atoms with Crippen LogP contribution in [0, 0.1) is 0 Å². The molecule has 0 aliphatic carbocycles. The molecule has 0 atom stereocenters. The fourth-order valence-corrected chi connectivity index (χ4v) is 1.83. The van der Waals surface area contributed by atoms with Crippen molar-refractivity contribution in [3.05, 3.63) is 17.5 Å². The molecule has 0 saturated heterocycles. The molecule has 1 N–H and O–H groups in total. The number of aromatic nitrogens is 2. The number of hydrogen-bond donors (Lipinski definition) is 1. The summed E-state index contributed by atoms with van der Waals surface area (Å²) in [5.41, 5.74) is 1.26.